The van der Waals surface area contributed by atoms with E-state index in [1.54, 1.807) is 12.1 Å². The van der Waals surface area contributed by atoms with Crippen molar-refractivity contribution in [1.82, 2.24) is 0 Å². The summed E-state index contributed by atoms with van der Waals surface area (Å²) in [7, 11) is 0. The van der Waals surface area contributed by atoms with Crippen LogP contribution in [0.4, 0.5) is 5.69 Å². The van der Waals surface area contributed by atoms with Crippen LogP contribution in [0.2, 0.25) is 0 Å². The summed E-state index contributed by atoms with van der Waals surface area (Å²) in [5.74, 6) is 0.598. The van der Waals surface area contributed by atoms with Crippen molar-refractivity contribution in [2.45, 2.75) is 32.5 Å². The number of nitro benzene ring substituents is 1. The van der Waals surface area contributed by atoms with E-state index in [9.17, 15) is 15.4 Å². The molecular formula is C22H22N2O4. The maximum atomic E-state index is 11.0. The van der Waals surface area contributed by atoms with Gasteiger partial charge in [0, 0.05) is 30.0 Å². The standard InChI is InChI=1S/C22H22N2O4/c1-15(2)14-27-21-12-19(16-8-10-18(11-9-16)24(25)26)20(13-23)22(28-21)17-6-4-3-5-7-17/h3-11,15,19,21H,12,14H2,1-2H3/t19-,21+/m1/s1. The monoisotopic (exact) mass is 378 g/mol. The molecule has 0 aliphatic carbocycles. The van der Waals surface area contributed by atoms with Crippen LogP contribution in [0.1, 0.15) is 37.3 Å². The predicted octanol–water partition coefficient (Wildman–Crippen LogP) is 5.03. The van der Waals surface area contributed by atoms with Gasteiger partial charge in [-0.15, -0.1) is 0 Å². The first-order valence-electron chi connectivity index (χ1n) is 9.22. The van der Waals surface area contributed by atoms with Crippen molar-refractivity contribution in [2.75, 3.05) is 6.61 Å². The third kappa shape index (κ3) is 4.38. The maximum absolute atomic E-state index is 11.0. The first kappa shape index (κ1) is 19.6. The molecule has 144 valence electrons. The molecule has 6 heteroatoms. The molecule has 0 N–H and O–H groups in total. The van der Waals surface area contributed by atoms with E-state index in [0.29, 0.717) is 30.3 Å². The Morgan fingerprint density at radius 3 is 2.46 bits per heavy atom. The van der Waals surface area contributed by atoms with Gasteiger partial charge in [-0.1, -0.05) is 56.3 Å². The predicted molar refractivity (Wildman–Crippen MR) is 105 cm³/mol. The number of benzene rings is 2. The number of nitriles is 1. The van der Waals surface area contributed by atoms with Gasteiger partial charge < -0.3 is 9.47 Å². The second kappa shape index (κ2) is 8.68. The highest BCUT2D eigenvalue weighted by molar-refractivity contribution is 5.69. The number of nitro groups is 1. The SMILES string of the molecule is CC(C)CO[C@@H]1C[C@H](c2ccc([N+](=O)[O-])cc2)C(C#N)=C(c2ccccc2)O1. The third-order valence-electron chi connectivity index (χ3n) is 4.55. The number of hydrogen-bond acceptors (Lipinski definition) is 5. The number of allylic oxidation sites excluding steroid dienone is 1. The lowest BCUT2D eigenvalue weighted by molar-refractivity contribution is -0.384. The van der Waals surface area contributed by atoms with Gasteiger partial charge in [-0.05, 0) is 11.5 Å². The van der Waals surface area contributed by atoms with Gasteiger partial charge >= 0.3 is 0 Å². The summed E-state index contributed by atoms with van der Waals surface area (Å²) in [5.41, 5.74) is 2.17. The van der Waals surface area contributed by atoms with Crippen LogP contribution in [-0.4, -0.2) is 17.8 Å². The molecule has 1 aliphatic heterocycles. The van der Waals surface area contributed by atoms with Gasteiger partial charge in [0.15, 0.2) is 0 Å². The first-order valence-corrected chi connectivity index (χ1v) is 9.22. The highest BCUT2D eigenvalue weighted by Crippen LogP contribution is 2.41. The maximum Gasteiger partial charge on any atom is 0.269 e. The van der Waals surface area contributed by atoms with Crippen LogP contribution in [0.15, 0.2) is 60.2 Å². The number of ether oxygens (including phenoxy) is 2. The first-order chi connectivity index (χ1) is 13.5. The number of hydrogen-bond donors (Lipinski definition) is 0. The van der Waals surface area contributed by atoms with Crippen molar-refractivity contribution in [3.05, 3.63) is 81.4 Å². The van der Waals surface area contributed by atoms with Crippen LogP contribution in [0.25, 0.3) is 5.76 Å². The van der Waals surface area contributed by atoms with Gasteiger partial charge in [-0.3, -0.25) is 10.1 Å². The van der Waals surface area contributed by atoms with Crippen molar-refractivity contribution in [3.63, 3.8) is 0 Å². The molecule has 2 aromatic carbocycles. The largest absolute Gasteiger partial charge is 0.463 e. The third-order valence-corrected chi connectivity index (χ3v) is 4.55. The summed E-state index contributed by atoms with van der Waals surface area (Å²) in [6.07, 6.45) is -0.0149. The molecule has 6 nitrogen and oxygen atoms in total. The lowest BCUT2D eigenvalue weighted by Gasteiger charge is -2.32. The van der Waals surface area contributed by atoms with E-state index in [4.69, 9.17) is 9.47 Å². The van der Waals surface area contributed by atoms with E-state index in [0.717, 1.165) is 11.1 Å². The highest BCUT2D eigenvalue weighted by atomic mass is 16.7. The second-order valence-electron chi connectivity index (χ2n) is 7.13. The van der Waals surface area contributed by atoms with Crippen molar-refractivity contribution in [1.29, 1.82) is 5.26 Å². The Labute approximate surface area is 164 Å². The zero-order valence-electron chi connectivity index (χ0n) is 15.9. The minimum Gasteiger partial charge on any atom is -0.463 e. The van der Waals surface area contributed by atoms with Gasteiger partial charge in [0.25, 0.3) is 5.69 Å². The normalized spacial score (nSPS) is 19.2. The number of rotatable bonds is 6. The van der Waals surface area contributed by atoms with E-state index in [1.165, 1.54) is 12.1 Å². The molecule has 2 atom stereocenters. The minimum atomic E-state index is -0.491. The van der Waals surface area contributed by atoms with E-state index in [1.807, 2.05) is 30.3 Å². The van der Waals surface area contributed by atoms with Crippen molar-refractivity contribution in [3.8, 4) is 6.07 Å². The van der Waals surface area contributed by atoms with Crippen molar-refractivity contribution in [2.24, 2.45) is 5.92 Å². The summed E-state index contributed by atoms with van der Waals surface area (Å²) in [4.78, 5) is 10.5. The molecule has 1 heterocycles. The summed E-state index contributed by atoms with van der Waals surface area (Å²) >= 11 is 0. The Morgan fingerprint density at radius 1 is 1.21 bits per heavy atom. The van der Waals surface area contributed by atoms with Crippen LogP contribution in [-0.2, 0) is 9.47 Å². The highest BCUT2D eigenvalue weighted by Gasteiger charge is 2.33. The molecule has 1 aliphatic rings. The smallest absolute Gasteiger partial charge is 0.269 e. The fraction of sp³-hybridized carbons (Fsp3) is 0.318. The average Bonchev–Trinajstić information content (AvgIpc) is 2.72. The van der Waals surface area contributed by atoms with Crippen molar-refractivity contribution < 1.29 is 14.4 Å². The molecule has 0 saturated carbocycles. The van der Waals surface area contributed by atoms with Crippen molar-refractivity contribution >= 4 is 11.4 Å². The van der Waals surface area contributed by atoms with E-state index in [2.05, 4.69) is 19.9 Å². The summed E-state index contributed by atoms with van der Waals surface area (Å²) < 4.78 is 12.0. The van der Waals surface area contributed by atoms with Gasteiger partial charge in [0.05, 0.1) is 23.2 Å². The zero-order chi connectivity index (χ0) is 20.1. The fourth-order valence-corrected chi connectivity index (χ4v) is 3.19. The van der Waals surface area contributed by atoms with Gasteiger partial charge in [0.2, 0.25) is 6.29 Å². The number of non-ortho nitro benzene ring substituents is 1. The Morgan fingerprint density at radius 2 is 1.89 bits per heavy atom. The molecule has 0 radical (unpaired) electrons. The molecule has 0 amide bonds. The van der Waals surface area contributed by atoms with E-state index >= 15 is 0 Å². The molecule has 0 bridgehead atoms. The molecule has 28 heavy (non-hydrogen) atoms. The quantitative estimate of drug-likeness (QED) is 0.520. The van der Waals surface area contributed by atoms with E-state index in [-0.39, 0.29) is 11.6 Å². The van der Waals surface area contributed by atoms with Crippen LogP contribution in [0, 0.1) is 27.4 Å². The summed E-state index contributed by atoms with van der Waals surface area (Å²) in [6, 6.07) is 18.1. The van der Waals surface area contributed by atoms with Gasteiger partial charge in [-0.2, -0.15) is 5.26 Å². The lowest BCUT2D eigenvalue weighted by Crippen LogP contribution is -2.27. The average molecular weight is 378 g/mol. The zero-order valence-corrected chi connectivity index (χ0v) is 15.9. The lowest BCUT2D eigenvalue weighted by atomic mass is 9.85. The Balaban J connectivity index is 2.01. The van der Waals surface area contributed by atoms with Crippen LogP contribution in [0.5, 0.6) is 0 Å². The summed E-state index contributed by atoms with van der Waals surface area (Å²) in [5, 5.41) is 20.8. The molecule has 0 unspecified atom stereocenters. The van der Waals surface area contributed by atoms with Gasteiger partial charge in [0.1, 0.15) is 5.76 Å². The second-order valence-corrected chi connectivity index (χ2v) is 7.13. The topological polar surface area (TPSA) is 85.4 Å². The molecule has 0 spiro atoms. The van der Waals surface area contributed by atoms with Crippen LogP contribution < -0.4 is 0 Å². The van der Waals surface area contributed by atoms with Gasteiger partial charge in [-0.25, -0.2) is 0 Å². The molecule has 0 fully saturated rings. The molecular weight excluding hydrogens is 356 g/mol. The molecule has 0 saturated heterocycles. The van der Waals surface area contributed by atoms with E-state index < -0.39 is 11.2 Å². The minimum absolute atomic E-state index is 0.0224. The Bertz CT molecular complexity index is 898. The summed E-state index contributed by atoms with van der Waals surface area (Å²) in [6.45, 7) is 4.66. The van der Waals surface area contributed by atoms with Crippen LogP contribution in [0.3, 0.4) is 0 Å². The Hall–Kier alpha value is -3.17. The molecule has 2 aromatic rings. The number of nitrogens with zero attached hydrogens (tertiary/aromatic N) is 2. The molecule has 3 rings (SSSR count). The van der Waals surface area contributed by atoms with Crippen LogP contribution >= 0.6 is 0 Å². The molecule has 0 aromatic heterocycles. The Kier molecular flexibility index (Phi) is 6.07. The fourth-order valence-electron chi connectivity index (χ4n) is 3.19.